The summed E-state index contributed by atoms with van der Waals surface area (Å²) in [5, 5.41) is 0. The van der Waals surface area contributed by atoms with Crippen molar-refractivity contribution in [2.45, 2.75) is 6.92 Å². The van der Waals surface area contributed by atoms with Gasteiger partial charge in [-0.25, -0.2) is 0 Å². The predicted octanol–water partition coefficient (Wildman–Crippen LogP) is -0.274. The number of hydrogen-bond donors (Lipinski definition) is 2. The molecule has 1 aromatic rings. The van der Waals surface area contributed by atoms with Gasteiger partial charge in [0.25, 0.3) is 0 Å². The van der Waals surface area contributed by atoms with Crippen LogP contribution in [0.4, 0.5) is 11.4 Å². The predicted molar refractivity (Wildman–Crippen MR) is 46.1 cm³/mol. The van der Waals surface area contributed by atoms with Gasteiger partial charge in [-0.15, -0.1) is 0 Å². The van der Waals surface area contributed by atoms with Gasteiger partial charge < -0.3 is 10.6 Å². The molecule has 1 rings (SSSR count). The molecule has 0 saturated carbocycles. The highest BCUT2D eigenvalue weighted by Gasteiger charge is 2.01. The minimum absolute atomic E-state index is 1.08. The molecular formula is C9H16N2+2. The van der Waals surface area contributed by atoms with Gasteiger partial charge in [0.15, 0.2) is 0 Å². The lowest BCUT2D eigenvalue weighted by Gasteiger charge is -2.09. The summed E-state index contributed by atoms with van der Waals surface area (Å²) in [5.74, 6) is 0. The zero-order valence-corrected chi connectivity index (χ0v) is 7.22. The van der Waals surface area contributed by atoms with Gasteiger partial charge in [-0.3, -0.25) is 0 Å². The third-order valence-electron chi connectivity index (χ3n) is 1.98. The summed E-state index contributed by atoms with van der Waals surface area (Å²) < 4.78 is 0. The number of hydrogen-bond acceptors (Lipinski definition) is 0. The molecule has 0 bridgehead atoms. The fourth-order valence-corrected chi connectivity index (χ4v) is 0.993. The van der Waals surface area contributed by atoms with Gasteiger partial charge in [-0.1, -0.05) is 0 Å². The summed E-state index contributed by atoms with van der Waals surface area (Å²) >= 11 is 0. The van der Waals surface area contributed by atoms with E-state index in [4.69, 9.17) is 0 Å². The number of quaternary nitrogens is 2. The van der Waals surface area contributed by atoms with Crippen LogP contribution in [0.5, 0.6) is 0 Å². The van der Waals surface area contributed by atoms with E-state index in [2.05, 4.69) is 44.0 Å². The smallest absolute Gasteiger partial charge is 0.131 e. The first-order chi connectivity index (χ1) is 5.24. The molecule has 1 unspecified atom stereocenters. The molecule has 0 aliphatic heterocycles. The maximum atomic E-state index is 3.84. The van der Waals surface area contributed by atoms with Crippen LogP contribution >= 0.6 is 0 Å². The fraction of sp³-hybridized carbons (Fsp3) is 0.333. The van der Waals surface area contributed by atoms with E-state index in [-0.39, 0.29) is 0 Å². The highest BCUT2D eigenvalue weighted by Crippen LogP contribution is 2.03. The lowest BCUT2D eigenvalue weighted by Crippen LogP contribution is -3.03. The second kappa shape index (κ2) is 3.51. The van der Waals surface area contributed by atoms with Crippen molar-refractivity contribution in [3.8, 4) is 0 Å². The molecule has 0 spiro atoms. The van der Waals surface area contributed by atoms with Crippen molar-refractivity contribution < 1.29 is 10.6 Å². The van der Waals surface area contributed by atoms with Crippen molar-refractivity contribution in [1.82, 2.24) is 0 Å². The van der Waals surface area contributed by atoms with Crippen molar-refractivity contribution in [3.63, 3.8) is 0 Å². The summed E-state index contributed by atoms with van der Waals surface area (Å²) in [6, 6.07) is 8.35. The topological polar surface area (TPSA) is 32.1 Å². The minimum Gasteiger partial charge on any atom is -0.325 e. The van der Waals surface area contributed by atoms with Crippen LogP contribution in [0.3, 0.4) is 0 Å². The fourth-order valence-electron chi connectivity index (χ4n) is 0.993. The van der Waals surface area contributed by atoms with E-state index in [1.54, 1.807) is 0 Å². The monoisotopic (exact) mass is 152 g/mol. The lowest BCUT2D eigenvalue weighted by molar-refractivity contribution is -0.807. The highest BCUT2D eigenvalue weighted by atomic mass is 15.1. The van der Waals surface area contributed by atoms with Gasteiger partial charge in [0.1, 0.15) is 11.4 Å². The van der Waals surface area contributed by atoms with Crippen LogP contribution in [0.25, 0.3) is 0 Å². The SMILES string of the molecule is CC[NH+](C)c1ccc([NH3+])cc1. The molecular weight excluding hydrogens is 136 g/mol. The molecule has 0 heterocycles. The van der Waals surface area contributed by atoms with Crippen molar-refractivity contribution in [2.75, 3.05) is 13.6 Å². The third-order valence-corrected chi connectivity index (χ3v) is 1.98. The van der Waals surface area contributed by atoms with Crippen LogP contribution in [-0.2, 0) is 0 Å². The first-order valence-corrected chi connectivity index (χ1v) is 3.99. The van der Waals surface area contributed by atoms with E-state index < -0.39 is 0 Å². The maximum absolute atomic E-state index is 3.84. The summed E-state index contributed by atoms with van der Waals surface area (Å²) in [4.78, 5) is 1.44. The average Bonchev–Trinajstić information content (AvgIpc) is 2.05. The van der Waals surface area contributed by atoms with Crippen molar-refractivity contribution in [3.05, 3.63) is 24.3 Å². The molecule has 0 fully saturated rings. The second-order valence-corrected chi connectivity index (χ2v) is 2.83. The molecule has 0 aliphatic carbocycles. The van der Waals surface area contributed by atoms with Crippen LogP contribution in [0.1, 0.15) is 6.92 Å². The number of nitrogens with one attached hydrogen (secondary N) is 1. The van der Waals surface area contributed by atoms with Crippen molar-refractivity contribution >= 4 is 11.4 Å². The molecule has 4 N–H and O–H groups in total. The van der Waals surface area contributed by atoms with E-state index >= 15 is 0 Å². The Kier molecular flexibility index (Phi) is 2.63. The second-order valence-electron chi connectivity index (χ2n) is 2.83. The van der Waals surface area contributed by atoms with Crippen molar-refractivity contribution in [1.29, 1.82) is 0 Å². The van der Waals surface area contributed by atoms with E-state index in [9.17, 15) is 0 Å². The molecule has 1 aromatic carbocycles. The summed E-state index contributed by atoms with van der Waals surface area (Å²) in [5.41, 5.74) is 6.25. The van der Waals surface area contributed by atoms with Crippen LogP contribution < -0.4 is 10.6 Å². The Hall–Kier alpha value is -0.860. The summed E-state index contributed by atoms with van der Waals surface area (Å²) in [7, 11) is 2.16. The Bertz CT molecular complexity index is 216. The molecule has 0 saturated heterocycles. The Morgan fingerprint density at radius 3 is 2.27 bits per heavy atom. The van der Waals surface area contributed by atoms with Gasteiger partial charge in [0.2, 0.25) is 0 Å². The third kappa shape index (κ3) is 2.03. The standard InChI is InChI=1S/C9H14N2/c1-3-11(2)9-6-4-8(10)5-7-9/h4-7H,3,10H2,1-2H3/p+2. The van der Waals surface area contributed by atoms with Gasteiger partial charge >= 0.3 is 0 Å². The van der Waals surface area contributed by atoms with Gasteiger partial charge in [0.05, 0.1) is 13.6 Å². The molecule has 0 radical (unpaired) electrons. The Morgan fingerprint density at radius 2 is 1.82 bits per heavy atom. The normalized spacial score (nSPS) is 13.0. The van der Waals surface area contributed by atoms with E-state index in [1.807, 2.05) is 0 Å². The first kappa shape index (κ1) is 8.24. The van der Waals surface area contributed by atoms with Crippen LogP contribution in [0.2, 0.25) is 0 Å². The van der Waals surface area contributed by atoms with E-state index in [1.165, 1.54) is 10.6 Å². The Labute approximate surface area is 67.6 Å². The van der Waals surface area contributed by atoms with Crippen LogP contribution in [-0.4, -0.2) is 13.6 Å². The molecule has 1 atom stereocenters. The van der Waals surface area contributed by atoms with Crippen LogP contribution in [0, 0.1) is 0 Å². The van der Waals surface area contributed by atoms with E-state index in [0.29, 0.717) is 0 Å². The zero-order chi connectivity index (χ0) is 8.27. The molecule has 0 aromatic heterocycles. The molecule has 0 aliphatic rings. The zero-order valence-electron chi connectivity index (χ0n) is 7.22. The van der Waals surface area contributed by atoms with Gasteiger partial charge in [-0.2, -0.15) is 0 Å². The van der Waals surface area contributed by atoms with Gasteiger partial charge in [-0.05, 0) is 6.92 Å². The lowest BCUT2D eigenvalue weighted by atomic mass is 10.2. The Morgan fingerprint density at radius 1 is 1.27 bits per heavy atom. The molecule has 0 amide bonds. The quantitative estimate of drug-likeness (QED) is 0.584. The Balaban J connectivity index is 2.81. The first-order valence-electron chi connectivity index (χ1n) is 3.99. The molecule has 2 nitrogen and oxygen atoms in total. The molecule has 11 heavy (non-hydrogen) atoms. The molecule has 60 valence electrons. The minimum atomic E-state index is 1.08. The largest absolute Gasteiger partial charge is 0.325 e. The highest BCUT2D eigenvalue weighted by molar-refractivity contribution is 5.38. The van der Waals surface area contributed by atoms with Crippen LogP contribution in [0.15, 0.2) is 24.3 Å². The van der Waals surface area contributed by atoms with Crippen molar-refractivity contribution in [2.24, 2.45) is 0 Å². The number of benzene rings is 1. The van der Waals surface area contributed by atoms with Gasteiger partial charge in [0, 0.05) is 24.3 Å². The summed E-state index contributed by atoms with van der Waals surface area (Å²) in [6.07, 6.45) is 0. The summed E-state index contributed by atoms with van der Waals surface area (Å²) in [6.45, 7) is 3.30. The van der Waals surface area contributed by atoms with E-state index in [0.717, 1.165) is 12.2 Å². The average molecular weight is 152 g/mol. The number of rotatable bonds is 2. The maximum Gasteiger partial charge on any atom is 0.131 e. The molecule has 2 heteroatoms.